The van der Waals surface area contributed by atoms with E-state index in [9.17, 15) is 8.42 Å². The van der Waals surface area contributed by atoms with E-state index in [0.717, 1.165) is 64.1 Å². The van der Waals surface area contributed by atoms with Crippen LogP contribution in [0.3, 0.4) is 0 Å². The lowest BCUT2D eigenvalue weighted by molar-refractivity contribution is 0.0982. The summed E-state index contributed by atoms with van der Waals surface area (Å²) in [6.45, 7) is 6.64. The molecule has 0 radical (unpaired) electrons. The number of rotatable bonds is 7. The Morgan fingerprint density at radius 2 is 1.55 bits per heavy atom. The highest BCUT2D eigenvalue weighted by Gasteiger charge is 2.27. The lowest BCUT2D eigenvalue weighted by Crippen LogP contribution is -2.52. The van der Waals surface area contributed by atoms with Crippen molar-refractivity contribution in [3.8, 4) is 0 Å². The van der Waals surface area contributed by atoms with Gasteiger partial charge >= 0.3 is 0 Å². The molecule has 38 heavy (non-hydrogen) atoms. The second-order valence-corrected chi connectivity index (χ2v) is 12.3. The summed E-state index contributed by atoms with van der Waals surface area (Å²) in [6, 6.07) is 13.2. The van der Waals surface area contributed by atoms with Crippen LogP contribution < -0.4 is 15.5 Å². The normalized spacial score (nSPS) is 17.9. The predicted octanol–water partition coefficient (Wildman–Crippen LogP) is 3.63. The van der Waals surface area contributed by atoms with Gasteiger partial charge in [0, 0.05) is 57.3 Å². The summed E-state index contributed by atoms with van der Waals surface area (Å²) in [4.78, 5) is 20.3. The monoisotopic (exact) mass is 556 g/mol. The molecule has 0 aliphatic carbocycles. The van der Waals surface area contributed by atoms with Crippen molar-refractivity contribution in [3.05, 3.63) is 53.8 Å². The van der Waals surface area contributed by atoms with Gasteiger partial charge in [-0.05, 0) is 50.2 Å². The fraction of sp³-hybridized carbons (Fsp3) is 0.423. The van der Waals surface area contributed by atoms with Crippen LogP contribution in [0, 0.1) is 0 Å². The lowest BCUT2D eigenvalue weighted by atomic mass is 10.0. The van der Waals surface area contributed by atoms with E-state index in [-0.39, 0.29) is 10.8 Å². The van der Waals surface area contributed by atoms with Gasteiger partial charge in [0.2, 0.25) is 11.9 Å². The third kappa shape index (κ3) is 6.35. The maximum atomic E-state index is 12.1. The lowest BCUT2D eigenvalue weighted by Gasteiger charge is -2.42. The number of sulfone groups is 1. The number of para-hydroxylation sites is 1. The van der Waals surface area contributed by atoms with E-state index < -0.39 is 9.84 Å². The maximum absolute atomic E-state index is 12.1. The molecule has 0 bridgehead atoms. The largest absolute Gasteiger partial charge is 0.371 e. The van der Waals surface area contributed by atoms with Crippen molar-refractivity contribution in [2.45, 2.75) is 23.8 Å². The number of likely N-dealkylation sites (N-methyl/N-ethyl adjacent to an activating group) is 1. The molecule has 2 N–H and O–H groups in total. The van der Waals surface area contributed by atoms with Crippen molar-refractivity contribution in [1.29, 1.82) is 0 Å². The number of piperazine rings is 1. The van der Waals surface area contributed by atoms with E-state index in [1.807, 2.05) is 12.1 Å². The van der Waals surface area contributed by atoms with Crippen LogP contribution in [0.1, 0.15) is 12.8 Å². The van der Waals surface area contributed by atoms with Crippen molar-refractivity contribution in [2.24, 2.45) is 0 Å². The Bertz CT molecular complexity index is 1370. The molecule has 12 heteroatoms. The van der Waals surface area contributed by atoms with E-state index in [1.54, 1.807) is 18.2 Å². The van der Waals surface area contributed by atoms with E-state index in [2.05, 4.69) is 53.4 Å². The highest BCUT2D eigenvalue weighted by atomic mass is 35.5. The molecule has 0 amide bonds. The van der Waals surface area contributed by atoms with E-state index in [4.69, 9.17) is 11.6 Å². The molecule has 0 spiro atoms. The smallest absolute Gasteiger partial charge is 0.232 e. The van der Waals surface area contributed by atoms with Crippen LogP contribution in [-0.4, -0.2) is 91.8 Å². The Kier molecular flexibility index (Phi) is 7.98. The molecule has 10 nitrogen and oxygen atoms in total. The maximum Gasteiger partial charge on any atom is 0.232 e. The zero-order chi connectivity index (χ0) is 26.7. The molecule has 2 aromatic carbocycles. The van der Waals surface area contributed by atoms with Crippen LogP contribution in [0.4, 0.5) is 29.0 Å². The van der Waals surface area contributed by atoms with Crippen LogP contribution >= 0.6 is 11.6 Å². The van der Waals surface area contributed by atoms with Crippen molar-refractivity contribution < 1.29 is 8.42 Å². The molecule has 2 fully saturated rings. The Morgan fingerprint density at radius 3 is 2.21 bits per heavy atom. The number of benzene rings is 2. The Hall–Kier alpha value is -2.99. The fourth-order valence-electron chi connectivity index (χ4n) is 5.03. The average molecular weight is 557 g/mol. The van der Waals surface area contributed by atoms with Crippen LogP contribution in [0.5, 0.6) is 0 Å². The molecule has 2 saturated heterocycles. The highest BCUT2D eigenvalue weighted by Crippen LogP contribution is 2.31. The molecule has 3 aromatic rings. The van der Waals surface area contributed by atoms with Gasteiger partial charge in [-0.2, -0.15) is 4.98 Å². The minimum absolute atomic E-state index is 0.168. The number of anilines is 5. The number of nitrogens with one attached hydrogen (secondary N) is 2. The van der Waals surface area contributed by atoms with Gasteiger partial charge in [-0.3, -0.25) is 4.90 Å². The summed E-state index contributed by atoms with van der Waals surface area (Å²) in [5, 5.41) is 6.69. The van der Waals surface area contributed by atoms with Gasteiger partial charge < -0.3 is 20.4 Å². The van der Waals surface area contributed by atoms with Gasteiger partial charge in [-0.25, -0.2) is 18.4 Å². The van der Waals surface area contributed by atoms with Crippen molar-refractivity contribution in [2.75, 3.05) is 68.1 Å². The van der Waals surface area contributed by atoms with Crippen LogP contribution in [0.2, 0.25) is 5.02 Å². The number of halogens is 1. The van der Waals surface area contributed by atoms with Crippen LogP contribution in [0.15, 0.2) is 53.7 Å². The van der Waals surface area contributed by atoms with Crippen molar-refractivity contribution in [3.63, 3.8) is 0 Å². The second-order valence-electron chi connectivity index (χ2n) is 9.87. The summed E-state index contributed by atoms with van der Waals surface area (Å²) in [6.07, 6.45) is 4.83. The van der Waals surface area contributed by atoms with Crippen molar-refractivity contribution >= 4 is 50.4 Å². The molecule has 2 aliphatic heterocycles. The van der Waals surface area contributed by atoms with Gasteiger partial charge in [0.1, 0.15) is 6.33 Å². The standard InChI is InChI=1S/C26H33ClN8O2S/c1-33-13-15-35(16-14-33)19-9-11-34(12-10-19)20-7-8-22(21(27)17-20)30-25-28-18-29-26(32-25)31-23-5-3-4-6-24(23)38(2,36)37/h3-8,17-19H,9-16H2,1-2H3,(H2,28,29,30,31,32). The minimum Gasteiger partial charge on any atom is -0.371 e. The quantitative estimate of drug-likeness (QED) is 0.448. The third-order valence-corrected chi connectivity index (χ3v) is 8.66. The summed E-state index contributed by atoms with van der Waals surface area (Å²) < 4.78 is 24.2. The van der Waals surface area contributed by atoms with Gasteiger partial charge in [0.25, 0.3) is 0 Å². The fourth-order valence-corrected chi connectivity index (χ4v) is 6.10. The van der Waals surface area contributed by atoms with Gasteiger partial charge in [-0.1, -0.05) is 23.7 Å². The van der Waals surface area contributed by atoms with E-state index in [0.29, 0.717) is 28.4 Å². The molecule has 2 aliphatic rings. The van der Waals surface area contributed by atoms with Gasteiger partial charge in [0.05, 0.1) is 21.3 Å². The average Bonchev–Trinajstić information content (AvgIpc) is 2.90. The highest BCUT2D eigenvalue weighted by molar-refractivity contribution is 7.90. The minimum atomic E-state index is -3.42. The number of nitrogens with zero attached hydrogens (tertiary/aromatic N) is 6. The molecule has 5 rings (SSSR count). The van der Waals surface area contributed by atoms with Crippen molar-refractivity contribution in [1.82, 2.24) is 24.8 Å². The molecule has 0 unspecified atom stereocenters. The third-order valence-electron chi connectivity index (χ3n) is 7.19. The molecular weight excluding hydrogens is 524 g/mol. The van der Waals surface area contributed by atoms with E-state index in [1.165, 1.54) is 12.4 Å². The predicted molar refractivity (Wildman–Crippen MR) is 152 cm³/mol. The Balaban J connectivity index is 1.22. The second kappa shape index (κ2) is 11.4. The molecular formula is C26H33ClN8O2S. The van der Waals surface area contributed by atoms with Crippen LogP contribution in [-0.2, 0) is 9.84 Å². The SMILES string of the molecule is CN1CCN(C2CCN(c3ccc(Nc4ncnc(Nc5ccccc5S(C)(=O)=O)n4)c(Cl)c3)CC2)CC1. The number of aromatic nitrogens is 3. The van der Waals surface area contributed by atoms with Crippen LogP contribution in [0.25, 0.3) is 0 Å². The summed E-state index contributed by atoms with van der Waals surface area (Å²) in [5.41, 5.74) is 2.18. The van der Waals surface area contributed by atoms with Gasteiger partial charge in [-0.15, -0.1) is 0 Å². The molecule has 202 valence electrons. The molecule has 3 heterocycles. The first-order chi connectivity index (χ1) is 18.3. The Labute approximate surface area is 229 Å². The first kappa shape index (κ1) is 26.6. The number of hydrogen-bond acceptors (Lipinski definition) is 10. The Morgan fingerprint density at radius 1 is 0.895 bits per heavy atom. The first-order valence-electron chi connectivity index (χ1n) is 12.8. The molecule has 1 aromatic heterocycles. The zero-order valence-electron chi connectivity index (χ0n) is 21.6. The first-order valence-corrected chi connectivity index (χ1v) is 15.0. The molecule has 0 atom stereocenters. The number of hydrogen-bond donors (Lipinski definition) is 2. The molecule has 0 saturated carbocycles. The summed E-state index contributed by atoms with van der Waals surface area (Å²) in [7, 11) is -1.22. The summed E-state index contributed by atoms with van der Waals surface area (Å²) in [5.74, 6) is 0.511. The topological polar surface area (TPSA) is 107 Å². The van der Waals surface area contributed by atoms with Gasteiger partial charge in [0.15, 0.2) is 9.84 Å². The summed E-state index contributed by atoms with van der Waals surface area (Å²) >= 11 is 6.65. The number of piperidine rings is 1. The van der Waals surface area contributed by atoms with E-state index >= 15 is 0 Å². The zero-order valence-corrected chi connectivity index (χ0v) is 23.2.